The summed E-state index contributed by atoms with van der Waals surface area (Å²) in [7, 11) is 3.28. The number of para-hydroxylation sites is 1. The Bertz CT molecular complexity index is 444. The molecule has 4 heteroatoms. The number of hydrogen-bond acceptors (Lipinski definition) is 4. The molecule has 0 aliphatic carbocycles. The molecular weight excluding hydrogens is 266 g/mol. The van der Waals surface area contributed by atoms with Crippen LogP contribution in [0.25, 0.3) is 0 Å². The van der Waals surface area contributed by atoms with Gasteiger partial charge in [0.05, 0.1) is 20.3 Å². The molecule has 120 valence electrons. The maximum Gasteiger partial charge on any atom is 0.165 e. The number of benzene rings is 1. The number of hydrogen-bond donors (Lipinski definition) is 2. The quantitative estimate of drug-likeness (QED) is 0.774. The van der Waals surface area contributed by atoms with Gasteiger partial charge in [0, 0.05) is 24.1 Å². The Morgan fingerprint density at radius 3 is 2.38 bits per heavy atom. The number of aliphatic hydroxyl groups is 1. The highest BCUT2D eigenvalue weighted by atomic mass is 16.5. The van der Waals surface area contributed by atoms with E-state index in [1.807, 2.05) is 32.0 Å². The summed E-state index contributed by atoms with van der Waals surface area (Å²) in [5.41, 5.74) is 0.868. The van der Waals surface area contributed by atoms with E-state index in [1.165, 1.54) is 0 Å². The van der Waals surface area contributed by atoms with E-state index in [0.29, 0.717) is 6.54 Å². The largest absolute Gasteiger partial charge is 0.493 e. The van der Waals surface area contributed by atoms with E-state index >= 15 is 0 Å². The van der Waals surface area contributed by atoms with Crippen LogP contribution in [0.2, 0.25) is 0 Å². The molecule has 2 N–H and O–H groups in total. The van der Waals surface area contributed by atoms with Gasteiger partial charge in [0.15, 0.2) is 11.5 Å². The van der Waals surface area contributed by atoms with Gasteiger partial charge in [-0.3, -0.25) is 0 Å². The molecule has 0 aliphatic heterocycles. The fourth-order valence-electron chi connectivity index (χ4n) is 2.62. The second-order valence-corrected chi connectivity index (χ2v) is 6.43. The predicted octanol–water partition coefficient (Wildman–Crippen LogP) is 2.84. The first-order valence-electron chi connectivity index (χ1n) is 7.42. The van der Waals surface area contributed by atoms with Crippen molar-refractivity contribution in [3.63, 3.8) is 0 Å². The number of methoxy groups -OCH3 is 2. The van der Waals surface area contributed by atoms with Gasteiger partial charge in [-0.1, -0.05) is 39.8 Å². The molecule has 0 bridgehead atoms. The van der Waals surface area contributed by atoms with E-state index in [9.17, 15) is 5.11 Å². The van der Waals surface area contributed by atoms with Gasteiger partial charge in [-0.05, 0) is 12.0 Å². The third-order valence-electron chi connectivity index (χ3n) is 3.81. The van der Waals surface area contributed by atoms with Gasteiger partial charge in [0.2, 0.25) is 0 Å². The molecule has 0 fully saturated rings. The average Bonchev–Trinajstić information content (AvgIpc) is 2.45. The SMILES string of the molecule is COc1cccc(CNCC(C)(C)C(O)C(C)C)c1OC. The van der Waals surface area contributed by atoms with E-state index < -0.39 is 0 Å². The van der Waals surface area contributed by atoms with Crippen LogP contribution in [0.4, 0.5) is 0 Å². The van der Waals surface area contributed by atoms with Crippen molar-refractivity contribution in [2.75, 3.05) is 20.8 Å². The number of nitrogens with one attached hydrogen (secondary N) is 1. The second kappa shape index (κ2) is 7.66. The summed E-state index contributed by atoms with van der Waals surface area (Å²) in [5, 5.41) is 13.7. The molecule has 0 radical (unpaired) electrons. The predicted molar refractivity (Wildman–Crippen MR) is 85.9 cm³/mol. The summed E-state index contributed by atoms with van der Waals surface area (Å²) in [5.74, 6) is 1.74. The van der Waals surface area contributed by atoms with Crippen molar-refractivity contribution in [3.05, 3.63) is 23.8 Å². The molecule has 0 spiro atoms. The van der Waals surface area contributed by atoms with E-state index in [0.717, 1.165) is 23.6 Å². The number of rotatable bonds is 8. The molecule has 0 saturated carbocycles. The van der Waals surface area contributed by atoms with Crippen LogP contribution in [-0.2, 0) is 6.54 Å². The van der Waals surface area contributed by atoms with Gasteiger partial charge in [-0.2, -0.15) is 0 Å². The molecule has 4 nitrogen and oxygen atoms in total. The van der Waals surface area contributed by atoms with Gasteiger partial charge < -0.3 is 19.9 Å². The van der Waals surface area contributed by atoms with Crippen molar-refractivity contribution >= 4 is 0 Å². The van der Waals surface area contributed by atoms with E-state index in [4.69, 9.17) is 9.47 Å². The molecule has 1 unspecified atom stereocenters. The first-order valence-corrected chi connectivity index (χ1v) is 7.42. The van der Waals surface area contributed by atoms with Crippen molar-refractivity contribution in [3.8, 4) is 11.5 Å². The zero-order valence-corrected chi connectivity index (χ0v) is 14.1. The topological polar surface area (TPSA) is 50.7 Å². The third kappa shape index (κ3) is 4.61. The fourth-order valence-corrected chi connectivity index (χ4v) is 2.62. The average molecular weight is 295 g/mol. The monoisotopic (exact) mass is 295 g/mol. The molecule has 1 rings (SSSR count). The molecule has 1 aromatic rings. The van der Waals surface area contributed by atoms with E-state index in [1.54, 1.807) is 14.2 Å². The minimum absolute atomic E-state index is 0.180. The smallest absolute Gasteiger partial charge is 0.165 e. The van der Waals surface area contributed by atoms with Crippen molar-refractivity contribution in [2.45, 2.75) is 40.3 Å². The van der Waals surface area contributed by atoms with E-state index in [-0.39, 0.29) is 17.4 Å². The van der Waals surface area contributed by atoms with Crippen molar-refractivity contribution < 1.29 is 14.6 Å². The van der Waals surface area contributed by atoms with Crippen LogP contribution >= 0.6 is 0 Å². The highest BCUT2D eigenvalue weighted by Crippen LogP contribution is 2.31. The molecule has 0 heterocycles. The van der Waals surface area contributed by atoms with Gasteiger partial charge in [-0.25, -0.2) is 0 Å². The number of aliphatic hydroxyl groups excluding tert-OH is 1. The van der Waals surface area contributed by atoms with Crippen molar-refractivity contribution in [1.82, 2.24) is 5.32 Å². The maximum absolute atomic E-state index is 10.2. The standard InChI is InChI=1S/C17H29NO3/c1-12(2)16(19)17(3,4)11-18-10-13-8-7-9-14(20-5)15(13)21-6/h7-9,12,16,18-19H,10-11H2,1-6H3. The minimum Gasteiger partial charge on any atom is -0.493 e. The lowest BCUT2D eigenvalue weighted by Gasteiger charge is -2.33. The summed E-state index contributed by atoms with van der Waals surface area (Å²) >= 11 is 0. The molecule has 0 saturated heterocycles. The first kappa shape index (κ1) is 17.8. The van der Waals surface area contributed by atoms with Gasteiger partial charge in [-0.15, -0.1) is 0 Å². The van der Waals surface area contributed by atoms with Crippen LogP contribution in [0.3, 0.4) is 0 Å². The summed E-state index contributed by atoms with van der Waals surface area (Å²) in [6, 6.07) is 5.85. The first-order chi connectivity index (χ1) is 9.83. The Labute approximate surface area is 128 Å². The van der Waals surface area contributed by atoms with Crippen molar-refractivity contribution in [2.24, 2.45) is 11.3 Å². The third-order valence-corrected chi connectivity index (χ3v) is 3.81. The van der Waals surface area contributed by atoms with Gasteiger partial charge >= 0.3 is 0 Å². The Morgan fingerprint density at radius 2 is 1.86 bits per heavy atom. The van der Waals surface area contributed by atoms with Crippen LogP contribution in [0.15, 0.2) is 18.2 Å². The molecular formula is C17H29NO3. The van der Waals surface area contributed by atoms with Gasteiger partial charge in [0.25, 0.3) is 0 Å². The molecule has 0 amide bonds. The summed E-state index contributed by atoms with van der Waals surface area (Å²) < 4.78 is 10.7. The Morgan fingerprint density at radius 1 is 1.19 bits per heavy atom. The zero-order chi connectivity index (χ0) is 16.0. The maximum atomic E-state index is 10.2. The van der Waals surface area contributed by atoms with Crippen LogP contribution in [0.5, 0.6) is 11.5 Å². The lowest BCUT2D eigenvalue weighted by atomic mass is 9.80. The lowest BCUT2D eigenvalue weighted by Crippen LogP contribution is -2.41. The Balaban J connectivity index is 2.68. The Kier molecular flexibility index (Phi) is 6.49. The van der Waals surface area contributed by atoms with Crippen LogP contribution < -0.4 is 14.8 Å². The normalized spacial score (nSPS) is 13.3. The Hall–Kier alpha value is -1.26. The highest BCUT2D eigenvalue weighted by molar-refractivity contribution is 5.46. The molecule has 1 aromatic carbocycles. The number of ether oxygens (including phenoxy) is 2. The molecule has 0 aliphatic rings. The summed E-state index contributed by atoms with van der Waals surface area (Å²) in [4.78, 5) is 0. The lowest BCUT2D eigenvalue weighted by molar-refractivity contribution is 0.0134. The molecule has 0 aromatic heterocycles. The van der Waals surface area contributed by atoms with Crippen LogP contribution in [0.1, 0.15) is 33.3 Å². The van der Waals surface area contributed by atoms with E-state index in [2.05, 4.69) is 19.2 Å². The fraction of sp³-hybridized carbons (Fsp3) is 0.647. The minimum atomic E-state index is -0.336. The van der Waals surface area contributed by atoms with Gasteiger partial charge in [0.1, 0.15) is 0 Å². The summed E-state index contributed by atoms with van der Waals surface area (Å²) in [6.45, 7) is 9.64. The van der Waals surface area contributed by atoms with Crippen LogP contribution in [-0.4, -0.2) is 32.0 Å². The highest BCUT2D eigenvalue weighted by Gasteiger charge is 2.29. The molecule has 1 atom stereocenters. The zero-order valence-electron chi connectivity index (χ0n) is 14.1. The second-order valence-electron chi connectivity index (χ2n) is 6.43. The molecule has 21 heavy (non-hydrogen) atoms. The summed E-state index contributed by atoms with van der Waals surface area (Å²) in [6.07, 6.45) is -0.336. The van der Waals surface area contributed by atoms with Crippen molar-refractivity contribution in [1.29, 1.82) is 0 Å². The van der Waals surface area contributed by atoms with Crippen LogP contribution in [0, 0.1) is 11.3 Å².